The van der Waals surface area contributed by atoms with E-state index >= 15 is 0 Å². The molecule has 1 heterocycles. The number of anilines is 1. The van der Waals surface area contributed by atoms with Crippen LogP contribution in [0.2, 0.25) is 0 Å². The van der Waals surface area contributed by atoms with Gasteiger partial charge in [-0.1, -0.05) is 12.1 Å². The molecule has 142 valence electrons. The molecule has 0 aliphatic carbocycles. The molecule has 8 heteroatoms. The molecule has 1 N–H and O–H groups in total. The molecule has 1 saturated heterocycles. The third kappa shape index (κ3) is 4.46. The number of carbonyl (C=O) groups is 2. The Balaban J connectivity index is 1.63. The first-order chi connectivity index (χ1) is 13.0. The van der Waals surface area contributed by atoms with E-state index < -0.39 is 28.9 Å². The topological polar surface area (TPSA) is 58.6 Å². The first-order valence-electron chi connectivity index (χ1n) is 8.35. The molecular weight excluding hydrogens is 361 g/mol. The third-order valence-electron chi connectivity index (χ3n) is 4.21. The number of rotatable bonds is 4. The number of ether oxygens (including phenoxy) is 1. The Kier molecular flexibility index (Phi) is 5.75. The molecule has 0 aromatic heterocycles. The number of nitrogens with zero attached hydrogens (tertiary/aromatic N) is 1. The quantitative estimate of drug-likeness (QED) is 0.833. The highest BCUT2D eigenvalue weighted by molar-refractivity contribution is 6.04. The number of benzene rings is 2. The van der Waals surface area contributed by atoms with Crippen LogP contribution in [0.5, 0.6) is 0 Å². The lowest BCUT2D eigenvalue weighted by Crippen LogP contribution is -2.41. The standard InChI is InChI=1S/C19H17F3N2O3/c20-15-6-5-14(17(21)18(15)22)19(26)23-13-3-1-12(2-4-13)11-16(25)24-7-9-27-10-8-24/h1-6H,7-11H2,(H,23,26). The fraction of sp³-hybridized carbons (Fsp3) is 0.263. The van der Waals surface area contributed by atoms with Crippen LogP contribution in [0, 0.1) is 17.5 Å². The average Bonchev–Trinajstić information content (AvgIpc) is 2.68. The predicted octanol–water partition coefficient (Wildman–Crippen LogP) is 2.76. The zero-order valence-corrected chi connectivity index (χ0v) is 14.3. The molecule has 2 aromatic carbocycles. The maximum Gasteiger partial charge on any atom is 0.258 e. The molecule has 5 nitrogen and oxygen atoms in total. The molecule has 0 saturated carbocycles. The number of nitrogens with one attached hydrogen (secondary N) is 1. The maximum atomic E-state index is 13.7. The van der Waals surface area contributed by atoms with Crippen LogP contribution in [0.15, 0.2) is 36.4 Å². The van der Waals surface area contributed by atoms with Crippen molar-refractivity contribution in [2.75, 3.05) is 31.6 Å². The van der Waals surface area contributed by atoms with Gasteiger partial charge in [0.25, 0.3) is 5.91 Å². The Hall–Kier alpha value is -2.87. The van der Waals surface area contributed by atoms with Crippen molar-refractivity contribution in [1.29, 1.82) is 0 Å². The molecule has 0 bridgehead atoms. The van der Waals surface area contributed by atoms with Gasteiger partial charge in [0.2, 0.25) is 5.91 Å². The zero-order chi connectivity index (χ0) is 19.4. The second-order valence-electron chi connectivity index (χ2n) is 6.04. The van der Waals surface area contributed by atoms with E-state index in [-0.39, 0.29) is 12.3 Å². The Morgan fingerprint density at radius 2 is 1.63 bits per heavy atom. The van der Waals surface area contributed by atoms with Gasteiger partial charge in [-0.3, -0.25) is 9.59 Å². The first-order valence-corrected chi connectivity index (χ1v) is 8.35. The van der Waals surface area contributed by atoms with E-state index in [4.69, 9.17) is 4.74 Å². The fourth-order valence-corrected chi connectivity index (χ4v) is 2.70. The van der Waals surface area contributed by atoms with Gasteiger partial charge in [0.1, 0.15) is 0 Å². The fourth-order valence-electron chi connectivity index (χ4n) is 2.70. The molecule has 2 aromatic rings. The van der Waals surface area contributed by atoms with Crippen molar-refractivity contribution in [3.05, 3.63) is 65.0 Å². The van der Waals surface area contributed by atoms with Crippen LogP contribution in [0.3, 0.4) is 0 Å². The van der Waals surface area contributed by atoms with E-state index in [1.165, 1.54) is 0 Å². The summed E-state index contributed by atoms with van der Waals surface area (Å²) >= 11 is 0. The molecule has 0 atom stereocenters. The number of hydrogen-bond donors (Lipinski definition) is 1. The summed E-state index contributed by atoms with van der Waals surface area (Å²) in [7, 11) is 0. The second kappa shape index (κ2) is 8.22. The van der Waals surface area contributed by atoms with Gasteiger partial charge >= 0.3 is 0 Å². The van der Waals surface area contributed by atoms with E-state index in [0.29, 0.717) is 38.1 Å². The Labute approximate surface area is 153 Å². The van der Waals surface area contributed by atoms with Crippen LogP contribution >= 0.6 is 0 Å². The van der Waals surface area contributed by atoms with Crippen molar-refractivity contribution in [2.24, 2.45) is 0 Å². The first kappa shape index (κ1) is 18.9. The van der Waals surface area contributed by atoms with Crippen LogP contribution in [-0.4, -0.2) is 43.0 Å². The highest BCUT2D eigenvalue weighted by Crippen LogP contribution is 2.18. The summed E-state index contributed by atoms with van der Waals surface area (Å²) in [6.45, 7) is 2.17. The third-order valence-corrected chi connectivity index (χ3v) is 4.21. The van der Waals surface area contributed by atoms with Crippen LogP contribution in [-0.2, 0) is 16.0 Å². The number of carbonyl (C=O) groups excluding carboxylic acids is 2. The summed E-state index contributed by atoms with van der Waals surface area (Å²) in [6.07, 6.45) is 0.214. The van der Waals surface area contributed by atoms with Gasteiger partial charge in [0.05, 0.1) is 25.2 Å². The molecule has 1 fully saturated rings. The van der Waals surface area contributed by atoms with Gasteiger partial charge in [-0.05, 0) is 29.8 Å². The predicted molar refractivity (Wildman–Crippen MR) is 91.8 cm³/mol. The van der Waals surface area contributed by atoms with Crippen LogP contribution in [0.25, 0.3) is 0 Å². The number of morpholine rings is 1. The van der Waals surface area contributed by atoms with E-state index in [1.807, 2.05) is 0 Å². The van der Waals surface area contributed by atoms with Gasteiger partial charge in [-0.15, -0.1) is 0 Å². The van der Waals surface area contributed by atoms with Crippen LogP contribution < -0.4 is 5.32 Å². The lowest BCUT2D eigenvalue weighted by molar-refractivity contribution is -0.134. The van der Waals surface area contributed by atoms with Crippen LogP contribution in [0.1, 0.15) is 15.9 Å². The molecule has 1 aliphatic heterocycles. The Morgan fingerprint density at radius 3 is 2.30 bits per heavy atom. The zero-order valence-electron chi connectivity index (χ0n) is 14.3. The minimum atomic E-state index is -1.69. The Bertz CT molecular complexity index is 850. The van der Waals surface area contributed by atoms with Gasteiger partial charge in [0, 0.05) is 18.8 Å². The van der Waals surface area contributed by atoms with Gasteiger partial charge in [-0.2, -0.15) is 0 Å². The van der Waals surface area contributed by atoms with E-state index in [2.05, 4.69) is 5.32 Å². The second-order valence-corrected chi connectivity index (χ2v) is 6.04. The number of hydrogen-bond acceptors (Lipinski definition) is 3. The van der Waals surface area contributed by atoms with Gasteiger partial charge in [0.15, 0.2) is 17.5 Å². The average molecular weight is 378 g/mol. The van der Waals surface area contributed by atoms with Crippen molar-refractivity contribution in [1.82, 2.24) is 4.90 Å². The number of amides is 2. The molecule has 3 rings (SSSR count). The molecule has 2 amide bonds. The van der Waals surface area contributed by atoms with E-state index in [9.17, 15) is 22.8 Å². The highest BCUT2D eigenvalue weighted by atomic mass is 19.2. The molecule has 0 radical (unpaired) electrons. The highest BCUT2D eigenvalue weighted by Gasteiger charge is 2.19. The normalized spacial score (nSPS) is 14.1. The van der Waals surface area contributed by atoms with Crippen molar-refractivity contribution in [2.45, 2.75) is 6.42 Å². The summed E-state index contributed by atoms with van der Waals surface area (Å²) < 4.78 is 45.1. The Morgan fingerprint density at radius 1 is 0.963 bits per heavy atom. The molecule has 0 unspecified atom stereocenters. The summed E-state index contributed by atoms with van der Waals surface area (Å²) in [5.41, 5.74) is 0.496. The van der Waals surface area contributed by atoms with Gasteiger partial charge < -0.3 is 15.0 Å². The minimum Gasteiger partial charge on any atom is -0.378 e. The molecule has 1 aliphatic rings. The van der Waals surface area contributed by atoms with E-state index in [0.717, 1.165) is 11.6 Å². The summed E-state index contributed by atoms with van der Waals surface area (Å²) in [5, 5.41) is 2.41. The summed E-state index contributed by atoms with van der Waals surface area (Å²) in [5.74, 6) is -5.51. The largest absolute Gasteiger partial charge is 0.378 e. The van der Waals surface area contributed by atoms with Crippen molar-refractivity contribution in [3.63, 3.8) is 0 Å². The van der Waals surface area contributed by atoms with Crippen molar-refractivity contribution in [3.8, 4) is 0 Å². The van der Waals surface area contributed by atoms with Crippen molar-refractivity contribution >= 4 is 17.5 Å². The maximum absolute atomic E-state index is 13.7. The summed E-state index contributed by atoms with van der Waals surface area (Å²) in [4.78, 5) is 26.0. The van der Waals surface area contributed by atoms with E-state index in [1.54, 1.807) is 29.2 Å². The van der Waals surface area contributed by atoms with Crippen molar-refractivity contribution < 1.29 is 27.5 Å². The monoisotopic (exact) mass is 378 g/mol. The summed E-state index contributed by atoms with van der Waals surface area (Å²) in [6, 6.07) is 7.99. The smallest absolute Gasteiger partial charge is 0.258 e. The SMILES string of the molecule is O=C(Nc1ccc(CC(=O)N2CCOCC2)cc1)c1ccc(F)c(F)c1F. The number of halogens is 3. The lowest BCUT2D eigenvalue weighted by atomic mass is 10.1. The molecule has 0 spiro atoms. The molecular formula is C19H17F3N2O3. The van der Waals surface area contributed by atoms with Crippen LogP contribution in [0.4, 0.5) is 18.9 Å². The lowest BCUT2D eigenvalue weighted by Gasteiger charge is -2.26. The minimum absolute atomic E-state index is 0.0149. The molecule has 27 heavy (non-hydrogen) atoms. The van der Waals surface area contributed by atoms with Gasteiger partial charge in [-0.25, -0.2) is 13.2 Å².